The third-order valence-electron chi connectivity index (χ3n) is 2.01. The highest BCUT2D eigenvalue weighted by Crippen LogP contribution is 2.34. The summed E-state index contributed by atoms with van der Waals surface area (Å²) in [7, 11) is 0. The number of carbonyl (C=O) groups excluding carboxylic acids is 1. The number of alkyl halides is 2. The average molecular weight is 224 g/mol. The molecule has 3 nitrogen and oxygen atoms in total. The number of carbonyl (C=O) groups is 1. The fraction of sp³-hybridized carbons (Fsp3) is 0.900. The first-order valence-electron chi connectivity index (χ1n) is 4.92. The highest BCUT2D eigenvalue weighted by molar-refractivity contribution is 5.79. The molecule has 0 aliphatic heterocycles. The lowest BCUT2D eigenvalue weighted by atomic mass is 9.88. The molecule has 0 amide bonds. The van der Waals surface area contributed by atoms with Crippen LogP contribution in [-0.2, 0) is 9.53 Å². The Morgan fingerprint density at radius 3 is 2.27 bits per heavy atom. The summed E-state index contributed by atoms with van der Waals surface area (Å²) in [5.74, 6) is -5.68. The zero-order valence-corrected chi connectivity index (χ0v) is 9.51. The minimum Gasteiger partial charge on any atom is -0.461 e. The number of hydrogen-bond acceptors (Lipinski definition) is 3. The Morgan fingerprint density at radius 1 is 1.47 bits per heavy atom. The van der Waals surface area contributed by atoms with Crippen LogP contribution in [0.25, 0.3) is 0 Å². The van der Waals surface area contributed by atoms with Crippen LogP contribution in [0.15, 0.2) is 0 Å². The number of esters is 1. The van der Waals surface area contributed by atoms with Gasteiger partial charge in [-0.3, -0.25) is 0 Å². The van der Waals surface area contributed by atoms with Crippen LogP contribution < -0.4 is 0 Å². The van der Waals surface area contributed by atoms with Crippen molar-refractivity contribution in [3.63, 3.8) is 0 Å². The predicted octanol–water partition coefficient (Wildman–Crippen LogP) is 1.98. The van der Waals surface area contributed by atoms with Crippen molar-refractivity contribution in [2.75, 3.05) is 6.61 Å². The summed E-state index contributed by atoms with van der Waals surface area (Å²) in [6.45, 7) is 5.63. The van der Waals surface area contributed by atoms with Gasteiger partial charge < -0.3 is 9.84 Å². The molecule has 1 N–H and O–H groups in total. The van der Waals surface area contributed by atoms with E-state index in [1.165, 1.54) is 6.92 Å². The molecule has 0 aromatic carbocycles. The molecule has 1 unspecified atom stereocenters. The minimum atomic E-state index is -3.87. The molecular weight excluding hydrogens is 206 g/mol. The third kappa shape index (κ3) is 3.41. The van der Waals surface area contributed by atoms with E-state index in [2.05, 4.69) is 4.74 Å². The van der Waals surface area contributed by atoms with Crippen molar-refractivity contribution < 1.29 is 23.4 Å². The largest absolute Gasteiger partial charge is 0.461 e. The first-order valence-corrected chi connectivity index (χ1v) is 4.92. The summed E-state index contributed by atoms with van der Waals surface area (Å²) in [6.07, 6.45) is -0.168. The van der Waals surface area contributed by atoms with Crippen LogP contribution in [0.2, 0.25) is 0 Å². The highest BCUT2D eigenvalue weighted by atomic mass is 19.3. The van der Waals surface area contributed by atoms with Gasteiger partial charge in [-0.1, -0.05) is 13.8 Å². The molecule has 0 aromatic heterocycles. The molecule has 0 rings (SSSR count). The van der Waals surface area contributed by atoms with Gasteiger partial charge in [-0.05, 0) is 26.2 Å². The SMILES string of the molecule is CCOC(=O)C(F)(F)C(C)(O)CC(C)C. The molecule has 5 heteroatoms. The molecule has 90 valence electrons. The van der Waals surface area contributed by atoms with Crippen LogP contribution in [0.3, 0.4) is 0 Å². The Bertz CT molecular complexity index is 225. The average Bonchev–Trinajstić information content (AvgIpc) is 2.01. The summed E-state index contributed by atoms with van der Waals surface area (Å²) in [5, 5.41) is 9.56. The lowest BCUT2D eigenvalue weighted by Crippen LogP contribution is -2.52. The second-order valence-corrected chi connectivity index (χ2v) is 4.17. The molecule has 1 atom stereocenters. The number of rotatable bonds is 5. The number of aliphatic hydroxyl groups is 1. The molecule has 0 aliphatic carbocycles. The van der Waals surface area contributed by atoms with Crippen molar-refractivity contribution in [3.05, 3.63) is 0 Å². The molecule has 0 saturated carbocycles. The van der Waals surface area contributed by atoms with Crippen molar-refractivity contribution in [3.8, 4) is 0 Å². The number of halogens is 2. The summed E-state index contributed by atoms with van der Waals surface area (Å²) < 4.78 is 31.1. The first kappa shape index (κ1) is 14.3. The van der Waals surface area contributed by atoms with Gasteiger partial charge >= 0.3 is 11.9 Å². The van der Waals surface area contributed by atoms with Crippen LogP contribution in [-0.4, -0.2) is 29.2 Å². The normalized spacial score (nSPS) is 16.3. The maximum absolute atomic E-state index is 13.4. The Hall–Kier alpha value is -0.710. The van der Waals surface area contributed by atoms with Crippen LogP contribution in [0.1, 0.15) is 34.1 Å². The molecule has 0 fully saturated rings. The monoisotopic (exact) mass is 224 g/mol. The third-order valence-corrected chi connectivity index (χ3v) is 2.01. The van der Waals surface area contributed by atoms with Crippen molar-refractivity contribution in [1.29, 1.82) is 0 Å². The maximum Gasteiger partial charge on any atom is 0.380 e. The zero-order valence-electron chi connectivity index (χ0n) is 9.51. The van der Waals surface area contributed by atoms with Gasteiger partial charge in [0.25, 0.3) is 0 Å². The molecule has 0 aromatic rings. The molecule has 0 aliphatic rings. The summed E-state index contributed by atoms with van der Waals surface area (Å²) >= 11 is 0. The van der Waals surface area contributed by atoms with E-state index in [-0.39, 0.29) is 18.9 Å². The predicted molar refractivity (Wildman–Crippen MR) is 51.7 cm³/mol. The summed E-state index contributed by atoms with van der Waals surface area (Å²) in [6, 6.07) is 0. The van der Waals surface area contributed by atoms with Crippen molar-refractivity contribution in [2.24, 2.45) is 5.92 Å². The summed E-state index contributed by atoms with van der Waals surface area (Å²) in [5.41, 5.74) is -2.37. The van der Waals surface area contributed by atoms with E-state index < -0.39 is 17.5 Å². The van der Waals surface area contributed by atoms with E-state index in [1.807, 2.05) is 0 Å². The molecule has 0 bridgehead atoms. The quantitative estimate of drug-likeness (QED) is 0.726. The van der Waals surface area contributed by atoms with Crippen LogP contribution >= 0.6 is 0 Å². The Morgan fingerprint density at radius 2 is 1.93 bits per heavy atom. The second kappa shape index (κ2) is 4.88. The van der Waals surface area contributed by atoms with Gasteiger partial charge in [-0.15, -0.1) is 0 Å². The molecule has 0 heterocycles. The molecule has 0 saturated heterocycles. The first-order chi connectivity index (χ1) is 6.65. The minimum absolute atomic E-state index is 0.133. The van der Waals surface area contributed by atoms with Crippen LogP contribution in [0, 0.1) is 5.92 Å². The van der Waals surface area contributed by atoms with Crippen LogP contribution in [0.5, 0.6) is 0 Å². The van der Waals surface area contributed by atoms with E-state index in [4.69, 9.17) is 0 Å². The van der Waals surface area contributed by atoms with Gasteiger partial charge in [0.15, 0.2) is 0 Å². The van der Waals surface area contributed by atoms with Gasteiger partial charge in [0.2, 0.25) is 0 Å². The van der Waals surface area contributed by atoms with Gasteiger partial charge in [-0.25, -0.2) is 4.79 Å². The standard InChI is InChI=1S/C10H18F2O3/c1-5-15-8(13)10(11,12)9(4,14)6-7(2)3/h7,14H,5-6H2,1-4H3. The summed E-state index contributed by atoms with van der Waals surface area (Å²) in [4.78, 5) is 11.0. The number of hydrogen-bond donors (Lipinski definition) is 1. The van der Waals surface area contributed by atoms with Gasteiger partial charge in [0, 0.05) is 0 Å². The Labute approximate surface area is 88.4 Å². The Kier molecular flexibility index (Phi) is 4.65. The maximum atomic E-state index is 13.4. The zero-order chi connectivity index (χ0) is 12.3. The van der Waals surface area contributed by atoms with E-state index in [0.717, 1.165) is 6.92 Å². The van der Waals surface area contributed by atoms with Crippen molar-refractivity contribution in [2.45, 2.75) is 45.6 Å². The molecule has 0 spiro atoms. The van der Waals surface area contributed by atoms with E-state index >= 15 is 0 Å². The molecule has 15 heavy (non-hydrogen) atoms. The highest BCUT2D eigenvalue weighted by Gasteiger charge is 2.56. The van der Waals surface area contributed by atoms with E-state index in [0.29, 0.717) is 0 Å². The van der Waals surface area contributed by atoms with Gasteiger partial charge in [0.1, 0.15) is 5.60 Å². The van der Waals surface area contributed by atoms with Crippen LogP contribution in [0.4, 0.5) is 8.78 Å². The molecular formula is C10H18F2O3. The Balaban J connectivity index is 4.75. The topological polar surface area (TPSA) is 46.5 Å². The van der Waals surface area contributed by atoms with E-state index in [1.54, 1.807) is 13.8 Å². The lowest BCUT2D eigenvalue weighted by Gasteiger charge is -2.31. The smallest absolute Gasteiger partial charge is 0.380 e. The number of ether oxygens (including phenoxy) is 1. The molecule has 0 radical (unpaired) electrons. The van der Waals surface area contributed by atoms with Crippen molar-refractivity contribution in [1.82, 2.24) is 0 Å². The fourth-order valence-electron chi connectivity index (χ4n) is 1.36. The van der Waals surface area contributed by atoms with Gasteiger partial charge in [-0.2, -0.15) is 8.78 Å². The fourth-order valence-corrected chi connectivity index (χ4v) is 1.36. The van der Waals surface area contributed by atoms with Crippen molar-refractivity contribution >= 4 is 5.97 Å². The van der Waals surface area contributed by atoms with E-state index in [9.17, 15) is 18.7 Å². The second-order valence-electron chi connectivity index (χ2n) is 4.17. The lowest BCUT2D eigenvalue weighted by molar-refractivity contribution is -0.212. The van der Waals surface area contributed by atoms with Gasteiger partial charge in [0.05, 0.1) is 6.61 Å².